The van der Waals surface area contributed by atoms with Crippen molar-refractivity contribution in [2.45, 2.75) is 38.1 Å². The van der Waals surface area contributed by atoms with Crippen LogP contribution in [0.4, 0.5) is 0 Å². The second-order valence-corrected chi connectivity index (χ2v) is 5.85. The Morgan fingerprint density at radius 1 is 1.53 bits per heavy atom. The van der Waals surface area contributed by atoms with Crippen LogP contribution in [0.25, 0.3) is 0 Å². The lowest BCUT2D eigenvalue weighted by atomic mass is 9.73. The molecule has 1 rings (SSSR count). The minimum Gasteiger partial charge on any atom is -0.396 e. The molecule has 2 nitrogen and oxygen atoms in total. The summed E-state index contributed by atoms with van der Waals surface area (Å²) >= 11 is 9.67. The van der Waals surface area contributed by atoms with E-state index in [4.69, 9.17) is 17.3 Å². The number of aliphatic hydroxyl groups excluding tert-OH is 1. The van der Waals surface area contributed by atoms with Crippen LogP contribution in [0.1, 0.15) is 32.3 Å². The van der Waals surface area contributed by atoms with Crippen molar-refractivity contribution in [2.24, 2.45) is 5.73 Å². The van der Waals surface area contributed by atoms with Gasteiger partial charge in [-0.1, -0.05) is 47.4 Å². The number of hydrogen-bond donors (Lipinski definition) is 2. The maximum absolute atomic E-state index is 9.25. The molecular formula is C13H19BrClNO. The highest BCUT2D eigenvalue weighted by Crippen LogP contribution is 2.37. The van der Waals surface area contributed by atoms with E-state index in [-0.39, 0.29) is 18.1 Å². The highest BCUT2D eigenvalue weighted by molar-refractivity contribution is 9.10. The zero-order chi connectivity index (χ0) is 13.1. The second-order valence-electron chi connectivity index (χ2n) is 4.53. The molecule has 17 heavy (non-hydrogen) atoms. The molecule has 0 saturated carbocycles. The van der Waals surface area contributed by atoms with Crippen LogP contribution >= 0.6 is 27.5 Å². The number of rotatable bonds is 5. The first-order chi connectivity index (χ1) is 7.95. The third-order valence-electron chi connectivity index (χ3n) is 3.44. The number of hydrogen-bond acceptors (Lipinski definition) is 2. The van der Waals surface area contributed by atoms with Crippen molar-refractivity contribution in [3.63, 3.8) is 0 Å². The quantitative estimate of drug-likeness (QED) is 0.872. The van der Waals surface area contributed by atoms with Gasteiger partial charge in [-0.2, -0.15) is 0 Å². The molecule has 0 aromatic heterocycles. The summed E-state index contributed by atoms with van der Waals surface area (Å²) in [5.41, 5.74) is 6.91. The van der Waals surface area contributed by atoms with Gasteiger partial charge in [-0.25, -0.2) is 0 Å². The molecule has 0 amide bonds. The zero-order valence-electron chi connectivity index (χ0n) is 10.2. The van der Waals surface area contributed by atoms with Gasteiger partial charge in [-0.05, 0) is 30.5 Å². The van der Waals surface area contributed by atoms with Gasteiger partial charge >= 0.3 is 0 Å². The molecule has 0 heterocycles. The van der Waals surface area contributed by atoms with Crippen molar-refractivity contribution < 1.29 is 5.11 Å². The summed E-state index contributed by atoms with van der Waals surface area (Å²) in [7, 11) is 0. The predicted octanol–water partition coefficient (Wildman–Crippen LogP) is 3.48. The van der Waals surface area contributed by atoms with Crippen LogP contribution in [0.5, 0.6) is 0 Å². The topological polar surface area (TPSA) is 46.2 Å². The summed E-state index contributed by atoms with van der Waals surface area (Å²) in [6, 6.07) is 5.79. The molecule has 1 aromatic rings. The molecule has 0 aliphatic carbocycles. The molecule has 0 radical (unpaired) electrons. The SMILES string of the molecule is CCC(N)C(C)(CCO)c1ccc(Br)cc1Cl. The Morgan fingerprint density at radius 2 is 2.18 bits per heavy atom. The molecule has 0 saturated heterocycles. The first-order valence-corrected chi connectivity index (χ1v) is 6.94. The number of nitrogens with two attached hydrogens (primary N) is 1. The highest BCUT2D eigenvalue weighted by Gasteiger charge is 2.33. The van der Waals surface area contributed by atoms with Crippen molar-refractivity contribution >= 4 is 27.5 Å². The lowest BCUT2D eigenvalue weighted by Crippen LogP contribution is -2.43. The molecular weight excluding hydrogens is 302 g/mol. The van der Waals surface area contributed by atoms with E-state index < -0.39 is 0 Å². The summed E-state index contributed by atoms with van der Waals surface area (Å²) in [4.78, 5) is 0. The lowest BCUT2D eigenvalue weighted by Gasteiger charge is -2.36. The molecule has 96 valence electrons. The maximum atomic E-state index is 9.25. The molecule has 0 bridgehead atoms. The minimum absolute atomic E-state index is 0.0201. The average Bonchev–Trinajstić information content (AvgIpc) is 2.27. The van der Waals surface area contributed by atoms with Gasteiger partial charge in [0.1, 0.15) is 0 Å². The Hall–Kier alpha value is -0.0900. The Morgan fingerprint density at radius 3 is 2.65 bits per heavy atom. The van der Waals surface area contributed by atoms with Gasteiger partial charge in [-0.3, -0.25) is 0 Å². The first kappa shape index (κ1) is 15.0. The van der Waals surface area contributed by atoms with Gasteiger partial charge in [0.15, 0.2) is 0 Å². The molecule has 0 fully saturated rings. The van der Waals surface area contributed by atoms with Gasteiger partial charge < -0.3 is 10.8 Å². The van der Waals surface area contributed by atoms with Crippen molar-refractivity contribution in [3.8, 4) is 0 Å². The third kappa shape index (κ3) is 3.22. The van der Waals surface area contributed by atoms with Crippen LogP contribution in [0.15, 0.2) is 22.7 Å². The van der Waals surface area contributed by atoms with Crippen molar-refractivity contribution in [1.29, 1.82) is 0 Å². The van der Waals surface area contributed by atoms with E-state index in [1.807, 2.05) is 25.1 Å². The summed E-state index contributed by atoms with van der Waals surface area (Å²) in [6.07, 6.45) is 1.46. The molecule has 2 atom stereocenters. The van der Waals surface area contributed by atoms with Crippen LogP contribution in [0.3, 0.4) is 0 Å². The van der Waals surface area contributed by atoms with Gasteiger partial charge in [0.05, 0.1) is 0 Å². The molecule has 0 aliphatic heterocycles. The summed E-state index contributed by atoms with van der Waals surface area (Å²) < 4.78 is 0.947. The maximum Gasteiger partial charge on any atom is 0.0455 e. The predicted molar refractivity (Wildman–Crippen MR) is 76.5 cm³/mol. The Bertz CT molecular complexity index is 386. The van der Waals surface area contributed by atoms with E-state index in [9.17, 15) is 5.11 Å². The molecule has 3 N–H and O–H groups in total. The van der Waals surface area contributed by atoms with E-state index in [0.717, 1.165) is 16.5 Å². The van der Waals surface area contributed by atoms with Gasteiger partial charge in [0, 0.05) is 27.6 Å². The van der Waals surface area contributed by atoms with Gasteiger partial charge in [-0.15, -0.1) is 0 Å². The molecule has 4 heteroatoms. The fourth-order valence-corrected chi connectivity index (χ4v) is 3.04. The van der Waals surface area contributed by atoms with Crippen molar-refractivity contribution in [1.82, 2.24) is 0 Å². The Kier molecular flexibility index (Phi) is 5.45. The average molecular weight is 321 g/mol. The van der Waals surface area contributed by atoms with Gasteiger partial charge in [0.2, 0.25) is 0 Å². The van der Waals surface area contributed by atoms with E-state index in [0.29, 0.717) is 11.4 Å². The first-order valence-electron chi connectivity index (χ1n) is 5.77. The van der Waals surface area contributed by atoms with E-state index in [1.165, 1.54) is 0 Å². The standard InChI is InChI=1S/C13H19BrClNO/c1-3-12(16)13(2,6-7-17)10-5-4-9(14)8-11(10)15/h4-5,8,12,17H,3,6-7,16H2,1-2H3. The van der Waals surface area contributed by atoms with E-state index in [1.54, 1.807) is 0 Å². The lowest BCUT2D eigenvalue weighted by molar-refractivity contribution is 0.223. The third-order valence-corrected chi connectivity index (χ3v) is 4.24. The normalized spacial score (nSPS) is 16.6. The molecule has 2 unspecified atom stereocenters. The van der Waals surface area contributed by atoms with Crippen molar-refractivity contribution in [2.75, 3.05) is 6.61 Å². The Balaban J connectivity index is 3.21. The largest absolute Gasteiger partial charge is 0.396 e. The number of aliphatic hydroxyl groups is 1. The van der Waals surface area contributed by atoms with E-state index in [2.05, 4.69) is 22.9 Å². The minimum atomic E-state index is -0.290. The van der Waals surface area contributed by atoms with Crippen LogP contribution in [-0.2, 0) is 5.41 Å². The zero-order valence-corrected chi connectivity index (χ0v) is 12.6. The fourth-order valence-electron chi connectivity index (χ4n) is 2.16. The van der Waals surface area contributed by atoms with Crippen LogP contribution in [0.2, 0.25) is 5.02 Å². The summed E-state index contributed by atoms with van der Waals surface area (Å²) in [6.45, 7) is 4.22. The Labute approximate surface area is 116 Å². The number of halogens is 2. The van der Waals surface area contributed by atoms with E-state index >= 15 is 0 Å². The molecule has 0 spiro atoms. The summed E-state index contributed by atoms with van der Waals surface area (Å²) in [5.74, 6) is 0. The molecule has 1 aromatic carbocycles. The summed E-state index contributed by atoms with van der Waals surface area (Å²) in [5, 5.41) is 9.94. The van der Waals surface area contributed by atoms with Crippen molar-refractivity contribution in [3.05, 3.63) is 33.3 Å². The van der Waals surface area contributed by atoms with Gasteiger partial charge in [0.25, 0.3) is 0 Å². The smallest absolute Gasteiger partial charge is 0.0455 e. The fraction of sp³-hybridized carbons (Fsp3) is 0.538. The monoisotopic (exact) mass is 319 g/mol. The second kappa shape index (κ2) is 6.19. The van der Waals surface area contributed by atoms with Crippen LogP contribution in [-0.4, -0.2) is 17.8 Å². The highest BCUT2D eigenvalue weighted by atomic mass is 79.9. The van der Waals surface area contributed by atoms with Crippen LogP contribution in [0, 0.1) is 0 Å². The van der Waals surface area contributed by atoms with Crippen LogP contribution < -0.4 is 5.73 Å². The molecule has 0 aliphatic rings. The number of benzene rings is 1.